The molecule has 0 aromatic heterocycles. The van der Waals surface area contributed by atoms with E-state index in [1.54, 1.807) is 6.08 Å². The SMILES string of the molecule is CC(C)=CCOc1ccc(OCCF)c(F)c1F. The summed E-state index contributed by atoms with van der Waals surface area (Å²) in [6.45, 7) is 2.82. The highest BCUT2D eigenvalue weighted by molar-refractivity contribution is 5.35. The summed E-state index contributed by atoms with van der Waals surface area (Å²) in [6, 6.07) is 2.47. The monoisotopic (exact) mass is 260 g/mol. The van der Waals surface area contributed by atoms with Gasteiger partial charge < -0.3 is 9.47 Å². The van der Waals surface area contributed by atoms with Crippen LogP contribution in [0.3, 0.4) is 0 Å². The van der Waals surface area contributed by atoms with Crippen LogP contribution in [0.15, 0.2) is 23.8 Å². The van der Waals surface area contributed by atoms with E-state index < -0.39 is 18.3 Å². The quantitative estimate of drug-likeness (QED) is 0.727. The van der Waals surface area contributed by atoms with E-state index in [0.717, 1.165) is 5.57 Å². The molecule has 0 aliphatic heterocycles. The van der Waals surface area contributed by atoms with Crippen molar-refractivity contribution >= 4 is 0 Å². The highest BCUT2D eigenvalue weighted by Gasteiger charge is 2.15. The molecule has 1 aromatic carbocycles. The first-order valence-corrected chi connectivity index (χ1v) is 5.49. The maximum atomic E-state index is 13.5. The van der Waals surface area contributed by atoms with Crippen molar-refractivity contribution in [3.63, 3.8) is 0 Å². The number of rotatable bonds is 6. The van der Waals surface area contributed by atoms with Crippen LogP contribution in [-0.2, 0) is 0 Å². The zero-order valence-electron chi connectivity index (χ0n) is 10.3. The van der Waals surface area contributed by atoms with Crippen LogP contribution in [0.25, 0.3) is 0 Å². The summed E-state index contributed by atoms with van der Waals surface area (Å²) in [5.74, 6) is -2.82. The second kappa shape index (κ2) is 6.93. The molecule has 1 rings (SSSR count). The van der Waals surface area contributed by atoms with Crippen LogP contribution < -0.4 is 9.47 Å². The Morgan fingerprint density at radius 3 is 2.17 bits per heavy atom. The molecular weight excluding hydrogens is 245 g/mol. The highest BCUT2D eigenvalue weighted by atomic mass is 19.2. The van der Waals surface area contributed by atoms with Crippen LogP contribution in [0.1, 0.15) is 13.8 Å². The minimum absolute atomic E-state index is 0.156. The molecular formula is C13H15F3O2. The summed E-state index contributed by atoms with van der Waals surface area (Å²) in [7, 11) is 0. The molecule has 0 spiro atoms. The average molecular weight is 260 g/mol. The minimum atomic E-state index is -1.17. The third-order valence-electron chi connectivity index (χ3n) is 2.08. The largest absolute Gasteiger partial charge is 0.488 e. The lowest BCUT2D eigenvalue weighted by Gasteiger charge is -2.09. The molecule has 0 heterocycles. The van der Waals surface area contributed by atoms with E-state index >= 15 is 0 Å². The fourth-order valence-electron chi connectivity index (χ4n) is 1.18. The number of allylic oxidation sites excluding steroid dienone is 1. The van der Waals surface area contributed by atoms with Crippen molar-refractivity contribution in [1.29, 1.82) is 0 Å². The molecule has 18 heavy (non-hydrogen) atoms. The first-order chi connectivity index (χ1) is 8.56. The van der Waals surface area contributed by atoms with Gasteiger partial charge in [0.15, 0.2) is 11.5 Å². The lowest BCUT2D eigenvalue weighted by atomic mass is 10.3. The molecule has 0 radical (unpaired) electrons. The van der Waals surface area contributed by atoms with E-state index in [0.29, 0.717) is 0 Å². The Morgan fingerprint density at radius 2 is 1.67 bits per heavy atom. The van der Waals surface area contributed by atoms with Crippen molar-refractivity contribution in [3.8, 4) is 11.5 Å². The van der Waals surface area contributed by atoms with E-state index in [-0.39, 0.29) is 24.7 Å². The van der Waals surface area contributed by atoms with Gasteiger partial charge in [0.25, 0.3) is 0 Å². The van der Waals surface area contributed by atoms with E-state index in [1.165, 1.54) is 12.1 Å². The molecule has 0 saturated carbocycles. The fourth-order valence-corrected chi connectivity index (χ4v) is 1.18. The zero-order chi connectivity index (χ0) is 13.5. The van der Waals surface area contributed by atoms with Crippen LogP contribution >= 0.6 is 0 Å². The van der Waals surface area contributed by atoms with E-state index in [9.17, 15) is 13.2 Å². The molecule has 0 fully saturated rings. The second-order valence-electron chi connectivity index (χ2n) is 3.82. The molecule has 0 aliphatic rings. The van der Waals surface area contributed by atoms with Crippen molar-refractivity contribution in [2.75, 3.05) is 19.9 Å². The number of ether oxygens (including phenoxy) is 2. The Bertz CT molecular complexity index is 426. The zero-order valence-corrected chi connectivity index (χ0v) is 10.3. The molecule has 0 unspecified atom stereocenters. The van der Waals surface area contributed by atoms with Crippen molar-refractivity contribution in [1.82, 2.24) is 0 Å². The Hall–Kier alpha value is -1.65. The van der Waals surface area contributed by atoms with Gasteiger partial charge in [-0.2, -0.15) is 8.78 Å². The third kappa shape index (κ3) is 3.98. The van der Waals surface area contributed by atoms with Gasteiger partial charge in [-0.05, 0) is 32.1 Å². The topological polar surface area (TPSA) is 18.5 Å². The third-order valence-corrected chi connectivity index (χ3v) is 2.08. The lowest BCUT2D eigenvalue weighted by Crippen LogP contribution is -2.04. The van der Waals surface area contributed by atoms with Gasteiger partial charge in [-0.15, -0.1) is 0 Å². The van der Waals surface area contributed by atoms with Crippen LogP contribution in [0.5, 0.6) is 11.5 Å². The molecule has 5 heteroatoms. The van der Waals surface area contributed by atoms with Crippen molar-refractivity contribution in [2.45, 2.75) is 13.8 Å². The van der Waals surface area contributed by atoms with Gasteiger partial charge in [-0.1, -0.05) is 5.57 Å². The van der Waals surface area contributed by atoms with Crippen LogP contribution in [0.4, 0.5) is 13.2 Å². The van der Waals surface area contributed by atoms with Gasteiger partial charge in [0, 0.05) is 0 Å². The molecule has 0 aliphatic carbocycles. The molecule has 0 amide bonds. The van der Waals surface area contributed by atoms with Crippen molar-refractivity contribution in [2.24, 2.45) is 0 Å². The molecule has 0 bridgehead atoms. The van der Waals surface area contributed by atoms with Gasteiger partial charge in [-0.3, -0.25) is 0 Å². The van der Waals surface area contributed by atoms with Gasteiger partial charge >= 0.3 is 0 Å². The smallest absolute Gasteiger partial charge is 0.204 e. The Balaban J connectivity index is 2.77. The number of hydrogen-bond donors (Lipinski definition) is 0. The summed E-state index contributed by atoms with van der Waals surface area (Å²) in [5, 5.41) is 0. The van der Waals surface area contributed by atoms with E-state index in [4.69, 9.17) is 9.47 Å². The predicted octanol–water partition coefficient (Wildman–Crippen LogP) is 3.66. The molecule has 0 atom stereocenters. The number of benzene rings is 1. The summed E-state index contributed by atoms with van der Waals surface area (Å²) in [5.41, 5.74) is 1.01. The number of hydrogen-bond acceptors (Lipinski definition) is 2. The standard InChI is InChI=1S/C13H15F3O2/c1-9(2)5-7-17-10-3-4-11(18-8-6-14)13(16)12(10)15/h3-5H,6-8H2,1-2H3. The first-order valence-electron chi connectivity index (χ1n) is 5.49. The van der Waals surface area contributed by atoms with Crippen molar-refractivity contribution < 1.29 is 22.6 Å². The molecule has 1 aromatic rings. The Labute approximate surface area is 104 Å². The first kappa shape index (κ1) is 14.4. The normalized spacial score (nSPS) is 10.1. The molecule has 0 N–H and O–H groups in total. The van der Waals surface area contributed by atoms with Gasteiger partial charge in [0.05, 0.1) is 0 Å². The maximum absolute atomic E-state index is 13.5. The van der Waals surface area contributed by atoms with Crippen molar-refractivity contribution in [3.05, 3.63) is 35.4 Å². The summed E-state index contributed by atoms with van der Waals surface area (Å²) >= 11 is 0. The Morgan fingerprint density at radius 1 is 1.11 bits per heavy atom. The summed E-state index contributed by atoms with van der Waals surface area (Å²) < 4.78 is 48.6. The second-order valence-corrected chi connectivity index (χ2v) is 3.82. The minimum Gasteiger partial charge on any atom is -0.488 e. The molecule has 2 nitrogen and oxygen atoms in total. The molecule has 100 valence electrons. The Kier molecular flexibility index (Phi) is 5.55. The van der Waals surface area contributed by atoms with E-state index in [1.807, 2.05) is 13.8 Å². The van der Waals surface area contributed by atoms with Crippen LogP contribution in [-0.4, -0.2) is 19.9 Å². The maximum Gasteiger partial charge on any atom is 0.204 e. The van der Waals surface area contributed by atoms with Gasteiger partial charge in [0.2, 0.25) is 11.6 Å². The lowest BCUT2D eigenvalue weighted by molar-refractivity contribution is 0.255. The van der Waals surface area contributed by atoms with Gasteiger partial charge in [-0.25, -0.2) is 4.39 Å². The fraction of sp³-hybridized carbons (Fsp3) is 0.385. The van der Waals surface area contributed by atoms with Gasteiger partial charge in [0.1, 0.15) is 19.9 Å². The average Bonchev–Trinajstić information content (AvgIpc) is 2.33. The predicted molar refractivity (Wildman–Crippen MR) is 62.8 cm³/mol. The number of halogens is 3. The van der Waals surface area contributed by atoms with E-state index in [2.05, 4.69) is 0 Å². The van der Waals surface area contributed by atoms with Crippen LogP contribution in [0.2, 0.25) is 0 Å². The van der Waals surface area contributed by atoms with Crippen LogP contribution in [0, 0.1) is 11.6 Å². The highest BCUT2D eigenvalue weighted by Crippen LogP contribution is 2.27. The molecule has 0 saturated heterocycles. The summed E-state index contributed by atoms with van der Waals surface area (Å²) in [4.78, 5) is 0. The summed E-state index contributed by atoms with van der Waals surface area (Å²) in [6.07, 6.45) is 1.74. The number of alkyl halides is 1.